The van der Waals surface area contributed by atoms with Crippen LogP contribution in [0.25, 0.3) is 11.4 Å². The molecule has 0 spiro atoms. The van der Waals surface area contributed by atoms with E-state index < -0.39 is 11.7 Å². The number of rotatable bonds is 5. The van der Waals surface area contributed by atoms with Gasteiger partial charge in [0.15, 0.2) is 11.6 Å². The molecule has 0 aliphatic carbocycles. The topological polar surface area (TPSA) is 88.6 Å². The Balaban J connectivity index is 1.47. The van der Waals surface area contributed by atoms with Gasteiger partial charge in [-0.25, -0.2) is 9.97 Å². The van der Waals surface area contributed by atoms with E-state index in [0.29, 0.717) is 28.7 Å². The molecule has 30 heavy (non-hydrogen) atoms. The number of nitrogens with one attached hydrogen (secondary N) is 2. The van der Waals surface area contributed by atoms with Gasteiger partial charge in [-0.15, -0.1) is 10.2 Å². The third-order valence-electron chi connectivity index (χ3n) is 4.19. The Morgan fingerprint density at radius 1 is 0.933 bits per heavy atom. The maximum absolute atomic E-state index is 13.1. The van der Waals surface area contributed by atoms with Crippen LogP contribution in [0.4, 0.5) is 24.8 Å². The molecule has 2 N–H and O–H groups in total. The van der Waals surface area contributed by atoms with E-state index in [1.807, 2.05) is 0 Å². The van der Waals surface area contributed by atoms with Crippen LogP contribution in [-0.2, 0) is 6.18 Å². The Hall–Kier alpha value is -3.95. The molecule has 2 aromatic carbocycles. The summed E-state index contributed by atoms with van der Waals surface area (Å²) in [6, 6.07) is 11.0. The number of alkyl halides is 3. The van der Waals surface area contributed by atoms with Crippen LogP contribution in [0.3, 0.4) is 0 Å². The summed E-state index contributed by atoms with van der Waals surface area (Å²) in [5.74, 6) is 1.62. The highest BCUT2D eigenvalue weighted by atomic mass is 19.4. The smallest absolute Gasteiger partial charge is 0.416 e. The number of H-pyrrole nitrogens is 1. The molecule has 0 saturated heterocycles. The SMILES string of the molecule is Cc1ccc(-c2nnc(Nc3ccc(Oc4cncnc4)cc3)[nH]2)cc1C(F)(F)F. The van der Waals surface area contributed by atoms with E-state index in [-0.39, 0.29) is 11.4 Å². The molecule has 10 heteroatoms. The van der Waals surface area contributed by atoms with Gasteiger partial charge >= 0.3 is 6.18 Å². The largest absolute Gasteiger partial charge is 0.454 e. The molecule has 0 bridgehead atoms. The Morgan fingerprint density at radius 3 is 2.37 bits per heavy atom. The number of aryl methyl sites for hydroxylation is 1. The summed E-state index contributed by atoms with van der Waals surface area (Å²) in [4.78, 5) is 10.6. The molecular weight excluding hydrogens is 397 g/mol. The second-order valence-electron chi connectivity index (χ2n) is 6.38. The lowest BCUT2D eigenvalue weighted by Gasteiger charge is -2.11. The van der Waals surface area contributed by atoms with Crippen LogP contribution in [0.15, 0.2) is 61.2 Å². The lowest BCUT2D eigenvalue weighted by molar-refractivity contribution is -0.138. The Bertz CT molecular complexity index is 1140. The van der Waals surface area contributed by atoms with Gasteiger partial charge in [-0.05, 0) is 42.8 Å². The van der Waals surface area contributed by atoms with Gasteiger partial charge in [0.1, 0.15) is 12.1 Å². The fourth-order valence-electron chi connectivity index (χ4n) is 2.74. The number of benzene rings is 2. The number of ether oxygens (including phenoxy) is 1. The van der Waals surface area contributed by atoms with Crippen LogP contribution in [-0.4, -0.2) is 25.1 Å². The summed E-state index contributed by atoms with van der Waals surface area (Å²) < 4.78 is 45.0. The first-order valence-electron chi connectivity index (χ1n) is 8.79. The van der Waals surface area contributed by atoms with Crippen LogP contribution in [0.5, 0.6) is 11.5 Å². The van der Waals surface area contributed by atoms with E-state index in [4.69, 9.17) is 4.74 Å². The minimum Gasteiger partial charge on any atom is -0.454 e. The van der Waals surface area contributed by atoms with Gasteiger partial charge in [0.05, 0.1) is 18.0 Å². The predicted molar refractivity (Wildman–Crippen MR) is 103 cm³/mol. The zero-order chi connectivity index (χ0) is 21.1. The molecule has 0 unspecified atom stereocenters. The van der Waals surface area contributed by atoms with Gasteiger partial charge < -0.3 is 15.0 Å². The number of anilines is 2. The van der Waals surface area contributed by atoms with Gasteiger partial charge in [0.2, 0.25) is 5.95 Å². The molecule has 0 radical (unpaired) electrons. The predicted octanol–water partition coefficient (Wildman–Crippen LogP) is 5.12. The molecule has 7 nitrogen and oxygen atoms in total. The Kier molecular flexibility index (Phi) is 5.05. The van der Waals surface area contributed by atoms with Crippen LogP contribution in [0.2, 0.25) is 0 Å². The molecule has 0 amide bonds. The number of hydrogen-bond acceptors (Lipinski definition) is 6. The third-order valence-corrected chi connectivity index (χ3v) is 4.19. The summed E-state index contributed by atoms with van der Waals surface area (Å²) in [6.07, 6.45) is 0.0674. The number of aromatic amines is 1. The van der Waals surface area contributed by atoms with E-state index in [2.05, 4.69) is 30.5 Å². The Labute approximate surface area is 169 Å². The first kappa shape index (κ1) is 19.4. The van der Waals surface area contributed by atoms with Crippen molar-refractivity contribution in [2.75, 3.05) is 5.32 Å². The van der Waals surface area contributed by atoms with Crippen molar-refractivity contribution in [1.82, 2.24) is 25.1 Å². The maximum Gasteiger partial charge on any atom is 0.416 e. The average Bonchev–Trinajstić information content (AvgIpc) is 3.18. The molecule has 0 fully saturated rings. The van der Waals surface area contributed by atoms with Gasteiger partial charge in [0, 0.05) is 11.3 Å². The molecule has 0 saturated carbocycles. The second kappa shape index (κ2) is 7.82. The quantitative estimate of drug-likeness (QED) is 0.473. The first-order chi connectivity index (χ1) is 14.4. The highest BCUT2D eigenvalue weighted by Gasteiger charge is 2.32. The van der Waals surface area contributed by atoms with Crippen molar-refractivity contribution >= 4 is 11.6 Å². The highest BCUT2D eigenvalue weighted by molar-refractivity contribution is 5.61. The molecule has 2 aromatic heterocycles. The van der Waals surface area contributed by atoms with Gasteiger partial charge in [-0.3, -0.25) is 0 Å². The number of nitrogens with zero attached hydrogens (tertiary/aromatic N) is 4. The van der Waals surface area contributed by atoms with Gasteiger partial charge in [-0.1, -0.05) is 12.1 Å². The van der Waals surface area contributed by atoms with Crippen LogP contribution in [0.1, 0.15) is 11.1 Å². The molecule has 0 atom stereocenters. The third kappa shape index (κ3) is 4.37. The molecule has 0 aliphatic heterocycles. The Morgan fingerprint density at radius 2 is 1.67 bits per heavy atom. The monoisotopic (exact) mass is 412 g/mol. The van der Waals surface area contributed by atoms with Gasteiger partial charge in [-0.2, -0.15) is 13.2 Å². The molecule has 152 valence electrons. The summed E-state index contributed by atoms with van der Waals surface area (Å²) in [5.41, 5.74) is 0.426. The fourth-order valence-corrected chi connectivity index (χ4v) is 2.74. The summed E-state index contributed by atoms with van der Waals surface area (Å²) in [5, 5.41) is 10.9. The minimum absolute atomic E-state index is 0.147. The van der Waals surface area contributed by atoms with E-state index in [9.17, 15) is 13.2 Å². The van der Waals surface area contributed by atoms with Crippen molar-refractivity contribution in [3.05, 3.63) is 72.3 Å². The maximum atomic E-state index is 13.1. The molecule has 0 aliphatic rings. The van der Waals surface area contributed by atoms with Crippen molar-refractivity contribution in [1.29, 1.82) is 0 Å². The molecule has 2 heterocycles. The van der Waals surface area contributed by atoms with Gasteiger partial charge in [0.25, 0.3) is 0 Å². The summed E-state index contributed by atoms with van der Waals surface area (Å²) in [7, 11) is 0. The average molecular weight is 412 g/mol. The van der Waals surface area contributed by atoms with Crippen molar-refractivity contribution in [3.63, 3.8) is 0 Å². The van der Waals surface area contributed by atoms with Crippen LogP contribution >= 0.6 is 0 Å². The lowest BCUT2D eigenvalue weighted by Crippen LogP contribution is -2.07. The highest BCUT2D eigenvalue weighted by Crippen LogP contribution is 2.34. The summed E-state index contributed by atoms with van der Waals surface area (Å²) >= 11 is 0. The molecular formula is C20H15F3N6O. The van der Waals surface area contributed by atoms with Crippen molar-refractivity contribution in [2.45, 2.75) is 13.1 Å². The number of halogens is 3. The normalized spacial score (nSPS) is 11.3. The zero-order valence-electron chi connectivity index (χ0n) is 15.6. The van der Waals surface area contributed by atoms with E-state index in [1.54, 1.807) is 42.7 Å². The second-order valence-corrected chi connectivity index (χ2v) is 6.38. The number of aromatic nitrogens is 5. The van der Waals surface area contributed by atoms with E-state index >= 15 is 0 Å². The summed E-state index contributed by atoms with van der Waals surface area (Å²) in [6.45, 7) is 1.41. The van der Waals surface area contributed by atoms with Crippen molar-refractivity contribution in [3.8, 4) is 22.9 Å². The zero-order valence-corrected chi connectivity index (χ0v) is 15.6. The standard InChI is InChI=1S/C20H15F3N6O/c1-12-2-3-13(8-17(12)20(21,22)23)18-27-19(29-28-18)26-14-4-6-15(7-5-14)30-16-9-24-11-25-10-16/h2-11H,1H3,(H2,26,27,28,29). The fraction of sp³-hybridized carbons (Fsp3) is 0.100. The minimum atomic E-state index is -4.43. The molecule has 4 rings (SSSR count). The van der Waals surface area contributed by atoms with Crippen molar-refractivity contribution < 1.29 is 17.9 Å². The first-order valence-corrected chi connectivity index (χ1v) is 8.79. The molecule has 4 aromatic rings. The lowest BCUT2D eigenvalue weighted by atomic mass is 10.0. The van der Waals surface area contributed by atoms with E-state index in [1.165, 1.54) is 19.3 Å². The number of hydrogen-bond donors (Lipinski definition) is 2. The van der Waals surface area contributed by atoms with E-state index in [0.717, 1.165) is 6.07 Å². The van der Waals surface area contributed by atoms with Crippen LogP contribution < -0.4 is 10.1 Å². The van der Waals surface area contributed by atoms with Crippen LogP contribution in [0, 0.1) is 6.92 Å². The van der Waals surface area contributed by atoms with Crippen molar-refractivity contribution in [2.24, 2.45) is 0 Å².